The van der Waals surface area contributed by atoms with Gasteiger partial charge in [-0.15, -0.1) is 0 Å². The van der Waals surface area contributed by atoms with Gasteiger partial charge in [0.25, 0.3) is 0 Å². The molecule has 2 N–H and O–H groups in total. The quantitative estimate of drug-likeness (QED) is 0.874. The van der Waals surface area contributed by atoms with E-state index in [2.05, 4.69) is 5.32 Å². The van der Waals surface area contributed by atoms with Crippen LogP contribution in [0.2, 0.25) is 0 Å². The summed E-state index contributed by atoms with van der Waals surface area (Å²) in [7, 11) is 0. The molecule has 0 aromatic heterocycles. The van der Waals surface area contributed by atoms with Crippen molar-refractivity contribution in [3.63, 3.8) is 0 Å². The zero-order chi connectivity index (χ0) is 16.3. The monoisotopic (exact) mass is 303 g/mol. The summed E-state index contributed by atoms with van der Waals surface area (Å²) in [5, 5.41) is 11.9. The van der Waals surface area contributed by atoms with Gasteiger partial charge in [0.15, 0.2) is 5.78 Å². The molecule has 2 atom stereocenters. The van der Waals surface area contributed by atoms with Crippen molar-refractivity contribution in [3.05, 3.63) is 35.4 Å². The summed E-state index contributed by atoms with van der Waals surface area (Å²) in [6.45, 7) is 3.83. The highest BCUT2D eigenvalue weighted by Gasteiger charge is 2.32. The first-order valence-corrected chi connectivity index (χ1v) is 7.55. The van der Waals surface area contributed by atoms with E-state index in [1.54, 1.807) is 24.3 Å². The van der Waals surface area contributed by atoms with Gasteiger partial charge in [-0.2, -0.15) is 0 Å². The average Bonchev–Trinajstić information content (AvgIpc) is 2.46. The van der Waals surface area contributed by atoms with Crippen LogP contribution in [0.15, 0.2) is 24.3 Å². The van der Waals surface area contributed by atoms with Gasteiger partial charge in [-0.1, -0.05) is 38.1 Å². The predicted molar refractivity (Wildman–Crippen MR) is 81.8 cm³/mol. The fourth-order valence-electron chi connectivity index (χ4n) is 2.86. The van der Waals surface area contributed by atoms with Gasteiger partial charge in [-0.3, -0.25) is 9.59 Å². The Morgan fingerprint density at radius 3 is 2.64 bits per heavy atom. The standard InChI is InChI=1S/C17H21NO4/c1-10(2)9-14(17(21)22)18-16(20)13-7-8-15(19)12-6-4-3-5-11(12)13/h3-6,10,13-14H,7-9H2,1-2H3,(H,18,20)(H,21,22)/t13?,14-/m1/s1. The van der Waals surface area contributed by atoms with Crippen LogP contribution in [0, 0.1) is 5.92 Å². The third kappa shape index (κ3) is 3.53. The molecule has 118 valence electrons. The Morgan fingerprint density at radius 2 is 2.00 bits per heavy atom. The first-order valence-electron chi connectivity index (χ1n) is 7.55. The second-order valence-electron chi connectivity index (χ2n) is 6.13. The Labute approximate surface area is 129 Å². The van der Waals surface area contributed by atoms with E-state index in [1.165, 1.54) is 0 Å². The maximum Gasteiger partial charge on any atom is 0.326 e. The molecule has 0 fully saturated rings. The molecule has 5 heteroatoms. The summed E-state index contributed by atoms with van der Waals surface area (Å²) in [4.78, 5) is 35.7. The van der Waals surface area contributed by atoms with E-state index in [1.807, 2.05) is 13.8 Å². The van der Waals surface area contributed by atoms with E-state index in [9.17, 15) is 19.5 Å². The lowest BCUT2D eigenvalue weighted by atomic mass is 9.81. The number of Topliss-reactive ketones (excluding diaryl/α,β-unsaturated/α-hetero) is 1. The normalized spacial score (nSPS) is 18.7. The van der Waals surface area contributed by atoms with E-state index in [4.69, 9.17) is 0 Å². The number of carbonyl (C=O) groups is 3. The van der Waals surface area contributed by atoms with Crippen molar-refractivity contribution in [1.29, 1.82) is 0 Å². The molecular formula is C17H21NO4. The molecule has 0 aliphatic heterocycles. The SMILES string of the molecule is CC(C)C[C@@H](NC(=O)C1CCC(=O)c2ccccc21)C(=O)O. The summed E-state index contributed by atoms with van der Waals surface area (Å²) in [5.41, 5.74) is 1.27. The number of carboxylic acid groups (broad SMARTS) is 1. The van der Waals surface area contributed by atoms with Crippen molar-refractivity contribution in [2.24, 2.45) is 5.92 Å². The fraction of sp³-hybridized carbons (Fsp3) is 0.471. The van der Waals surface area contributed by atoms with E-state index >= 15 is 0 Å². The molecule has 5 nitrogen and oxygen atoms in total. The highest BCUT2D eigenvalue weighted by atomic mass is 16.4. The van der Waals surface area contributed by atoms with Gasteiger partial charge < -0.3 is 10.4 Å². The van der Waals surface area contributed by atoms with Crippen molar-refractivity contribution >= 4 is 17.7 Å². The van der Waals surface area contributed by atoms with Gasteiger partial charge in [0.05, 0.1) is 5.92 Å². The van der Waals surface area contributed by atoms with E-state index in [0.29, 0.717) is 30.4 Å². The van der Waals surface area contributed by atoms with Crippen LogP contribution in [-0.2, 0) is 9.59 Å². The van der Waals surface area contributed by atoms with Gasteiger partial charge in [-0.05, 0) is 24.3 Å². The fourth-order valence-corrected chi connectivity index (χ4v) is 2.86. The number of benzene rings is 1. The average molecular weight is 303 g/mol. The first-order chi connectivity index (χ1) is 10.4. The number of rotatable bonds is 5. The van der Waals surface area contributed by atoms with E-state index < -0.39 is 17.9 Å². The van der Waals surface area contributed by atoms with E-state index in [0.717, 1.165) is 0 Å². The summed E-state index contributed by atoms with van der Waals surface area (Å²) < 4.78 is 0. The number of hydrogen-bond acceptors (Lipinski definition) is 3. The summed E-state index contributed by atoms with van der Waals surface area (Å²) in [6.07, 6.45) is 1.13. The van der Waals surface area contributed by atoms with Crippen LogP contribution >= 0.6 is 0 Å². The molecule has 1 aromatic carbocycles. The second-order valence-corrected chi connectivity index (χ2v) is 6.13. The van der Waals surface area contributed by atoms with Gasteiger partial charge in [0.2, 0.25) is 5.91 Å². The number of hydrogen-bond donors (Lipinski definition) is 2. The van der Waals surface area contributed by atoms with Crippen molar-refractivity contribution in [2.45, 2.75) is 45.1 Å². The summed E-state index contributed by atoms with van der Waals surface area (Å²) in [5.74, 6) is -1.59. The molecule has 1 aliphatic carbocycles. The minimum absolute atomic E-state index is 0.0385. The lowest BCUT2D eigenvalue weighted by molar-refractivity contribution is -0.142. The number of nitrogens with one attached hydrogen (secondary N) is 1. The van der Waals surface area contributed by atoms with E-state index in [-0.39, 0.29) is 17.6 Å². The van der Waals surface area contributed by atoms with Crippen LogP contribution in [0.1, 0.15) is 54.9 Å². The minimum Gasteiger partial charge on any atom is -0.480 e. The molecule has 1 aliphatic rings. The lowest BCUT2D eigenvalue weighted by Gasteiger charge is -2.25. The third-order valence-electron chi connectivity index (χ3n) is 3.93. The Balaban J connectivity index is 2.18. The maximum absolute atomic E-state index is 12.5. The lowest BCUT2D eigenvalue weighted by Crippen LogP contribution is -2.44. The van der Waals surface area contributed by atoms with Crippen LogP contribution in [0.25, 0.3) is 0 Å². The summed E-state index contributed by atoms with van der Waals surface area (Å²) >= 11 is 0. The first kappa shape index (κ1) is 16.2. The molecule has 0 saturated heterocycles. The minimum atomic E-state index is -1.03. The second kappa shape index (κ2) is 6.73. The van der Waals surface area contributed by atoms with Crippen molar-refractivity contribution in [1.82, 2.24) is 5.32 Å². The molecular weight excluding hydrogens is 282 g/mol. The van der Waals surface area contributed by atoms with Gasteiger partial charge >= 0.3 is 5.97 Å². The van der Waals surface area contributed by atoms with Gasteiger partial charge in [0, 0.05) is 12.0 Å². The van der Waals surface area contributed by atoms with Crippen LogP contribution < -0.4 is 5.32 Å². The maximum atomic E-state index is 12.5. The molecule has 0 saturated carbocycles. The highest BCUT2D eigenvalue weighted by molar-refractivity contribution is 6.02. The Hall–Kier alpha value is -2.17. The zero-order valence-corrected chi connectivity index (χ0v) is 12.8. The topological polar surface area (TPSA) is 83.5 Å². The number of fused-ring (bicyclic) bond motifs is 1. The third-order valence-corrected chi connectivity index (χ3v) is 3.93. The predicted octanol–water partition coefficient (Wildman–Crippen LogP) is 2.36. The van der Waals surface area contributed by atoms with Crippen LogP contribution in [0.5, 0.6) is 0 Å². The largest absolute Gasteiger partial charge is 0.480 e. The molecule has 1 amide bonds. The number of ketones is 1. The Kier molecular flexibility index (Phi) is 4.96. The number of amides is 1. The van der Waals surface area contributed by atoms with Crippen LogP contribution in [0.3, 0.4) is 0 Å². The molecule has 1 aromatic rings. The Morgan fingerprint density at radius 1 is 1.32 bits per heavy atom. The highest BCUT2D eigenvalue weighted by Crippen LogP contribution is 2.31. The van der Waals surface area contributed by atoms with Crippen LogP contribution in [0.4, 0.5) is 0 Å². The molecule has 22 heavy (non-hydrogen) atoms. The molecule has 0 spiro atoms. The molecule has 0 radical (unpaired) electrons. The molecule has 0 bridgehead atoms. The van der Waals surface area contributed by atoms with Crippen molar-refractivity contribution in [3.8, 4) is 0 Å². The van der Waals surface area contributed by atoms with Crippen LogP contribution in [-0.4, -0.2) is 28.8 Å². The molecule has 1 unspecified atom stereocenters. The van der Waals surface area contributed by atoms with Gasteiger partial charge in [-0.25, -0.2) is 4.79 Å². The number of carbonyl (C=O) groups excluding carboxylic acids is 2. The Bertz CT molecular complexity index is 594. The zero-order valence-electron chi connectivity index (χ0n) is 12.8. The number of aliphatic carboxylic acids is 1. The molecule has 0 heterocycles. The number of carboxylic acids is 1. The van der Waals surface area contributed by atoms with Crippen molar-refractivity contribution in [2.75, 3.05) is 0 Å². The van der Waals surface area contributed by atoms with Gasteiger partial charge in [0.1, 0.15) is 6.04 Å². The van der Waals surface area contributed by atoms with Crippen molar-refractivity contribution < 1.29 is 19.5 Å². The molecule has 2 rings (SSSR count). The smallest absolute Gasteiger partial charge is 0.326 e. The summed E-state index contributed by atoms with van der Waals surface area (Å²) in [6, 6.07) is 6.17.